The number of carbonyl (C=O) groups is 1. The molecule has 0 saturated carbocycles. The summed E-state index contributed by atoms with van der Waals surface area (Å²) >= 11 is 1.70. The number of piperidine rings is 1. The van der Waals surface area contributed by atoms with Crippen molar-refractivity contribution in [2.75, 3.05) is 46.9 Å². The maximum atomic E-state index is 13.1. The number of para-hydroxylation sites is 1. The molecule has 0 amide bonds. The van der Waals surface area contributed by atoms with Gasteiger partial charge in [0.15, 0.2) is 0 Å². The van der Waals surface area contributed by atoms with E-state index in [4.69, 9.17) is 14.5 Å². The molecule has 1 aromatic carbocycles. The Morgan fingerprint density at radius 3 is 2.86 bits per heavy atom. The Hall–Kier alpha value is -2.75. The van der Waals surface area contributed by atoms with E-state index in [0.29, 0.717) is 55.6 Å². The number of aromatic nitrogens is 2. The van der Waals surface area contributed by atoms with Crippen molar-refractivity contribution < 1.29 is 14.3 Å². The number of carbonyl (C=O) groups excluding carboxylic acids is 1. The number of ether oxygens (including phenoxy) is 2. The Kier molecular flexibility index (Phi) is 7.17. The van der Waals surface area contributed by atoms with Crippen LogP contribution in [0.2, 0.25) is 0 Å². The second-order valence-corrected chi connectivity index (χ2v) is 10.6. The van der Waals surface area contributed by atoms with Gasteiger partial charge in [-0.15, -0.1) is 11.3 Å². The molecule has 35 heavy (non-hydrogen) atoms. The fourth-order valence-electron chi connectivity index (χ4n) is 5.18. The smallest absolute Gasteiger partial charge is 0.343 e. The number of methoxy groups -OCH3 is 1. The van der Waals surface area contributed by atoms with Crippen molar-refractivity contribution in [2.45, 2.75) is 32.4 Å². The molecule has 0 N–H and O–H groups in total. The lowest BCUT2D eigenvalue weighted by molar-refractivity contribution is 0.0590. The van der Waals surface area contributed by atoms with E-state index in [1.807, 2.05) is 18.2 Å². The van der Waals surface area contributed by atoms with Gasteiger partial charge in [-0.2, -0.15) is 0 Å². The van der Waals surface area contributed by atoms with Crippen LogP contribution in [0.3, 0.4) is 0 Å². The summed E-state index contributed by atoms with van der Waals surface area (Å²) in [6, 6.07) is 9.61. The van der Waals surface area contributed by atoms with E-state index in [1.54, 1.807) is 15.9 Å². The van der Waals surface area contributed by atoms with Crippen molar-refractivity contribution in [3.63, 3.8) is 0 Å². The summed E-state index contributed by atoms with van der Waals surface area (Å²) in [5.74, 6) is 0.273. The fourth-order valence-corrected chi connectivity index (χ4v) is 6.19. The molecule has 5 rings (SSSR count). The second-order valence-electron chi connectivity index (χ2n) is 9.49. The fraction of sp³-hybridized carbons (Fsp3) is 0.500. The van der Waals surface area contributed by atoms with E-state index in [1.165, 1.54) is 17.9 Å². The van der Waals surface area contributed by atoms with E-state index >= 15 is 0 Å². The van der Waals surface area contributed by atoms with Crippen LogP contribution >= 0.6 is 11.3 Å². The number of esters is 1. The largest absolute Gasteiger partial charge is 0.492 e. The summed E-state index contributed by atoms with van der Waals surface area (Å²) in [5, 5.41) is 1.05. The molecule has 2 aromatic heterocycles. The maximum Gasteiger partial charge on any atom is 0.343 e. The first-order chi connectivity index (χ1) is 17.0. The van der Waals surface area contributed by atoms with Gasteiger partial charge >= 0.3 is 5.97 Å². The third-order valence-electron chi connectivity index (χ3n) is 6.97. The Bertz CT molecular complexity index is 1240. The van der Waals surface area contributed by atoms with Gasteiger partial charge in [0.1, 0.15) is 16.3 Å². The third-order valence-corrected chi connectivity index (χ3v) is 7.99. The number of likely N-dealkylation sites (tertiary alicyclic amines) is 1. The molecular weight excluding hydrogens is 464 g/mol. The molecule has 1 saturated heterocycles. The van der Waals surface area contributed by atoms with Crippen molar-refractivity contribution >= 4 is 27.5 Å². The number of fused-ring (bicyclic) bond motifs is 2. The van der Waals surface area contributed by atoms with Crippen LogP contribution in [-0.4, -0.2) is 72.3 Å². The predicted octanol–water partition coefficient (Wildman–Crippen LogP) is 3.02. The van der Waals surface area contributed by atoms with E-state index < -0.39 is 5.97 Å². The molecule has 1 atom stereocenters. The van der Waals surface area contributed by atoms with Gasteiger partial charge in [0.05, 0.1) is 30.5 Å². The molecule has 9 heteroatoms. The van der Waals surface area contributed by atoms with Crippen molar-refractivity contribution in [3.8, 4) is 5.75 Å². The molecular formula is C26H32N4O4S. The highest BCUT2D eigenvalue weighted by atomic mass is 32.1. The Morgan fingerprint density at radius 2 is 2.06 bits per heavy atom. The summed E-state index contributed by atoms with van der Waals surface area (Å²) < 4.78 is 14.1. The first kappa shape index (κ1) is 24.0. The van der Waals surface area contributed by atoms with E-state index in [-0.39, 0.29) is 5.56 Å². The van der Waals surface area contributed by atoms with E-state index in [2.05, 4.69) is 22.9 Å². The standard InChI is InChI=1S/C26H32N4O4S/c1-28-10-5-6-18(15-28)17-34-21-14-24(31)30-13-12-29(11-9-20(30)25(21)26(32)33-2)16-23-27-19-7-3-4-8-22(19)35-23/h3-4,7-8,14,18H,5-6,9-13,15-17H2,1-2H3. The second kappa shape index (κ2) is 10.5. The Morgan fingerprint density at radius 1 is 1.20 bits per heavy atom. The predicted molar refractivity (Wildman–Crippen MR) is 136 cm³/mol. The molecule has 4 heterocycles. The van der Waals surface area contributed by atoms with Gasteiger partial charge in [0.25, 0.3) is 5.56 Å². The van der Waals surface area contributed by atoms with Crippen LogP contribution in [0.1, 0.15) is 33.9 Å². The molecule has 0 radical (unpaired) electrons. The molecule has 0 spiro atoms. The SMILES string of the molecule is COC(=O)c1c(OCC2CCCN(C)C2)cc(=O)n2c1CCN(Cc1nc3ccccc3s1)CC2. The number of pyridine rings is 1. The zero-order chi connectivity index (χ0) is 24.4. The number of rotatable bonds is 6. The van der Waals surface area contributed by atoms with Crippen LogP contribution < -0.4 is 10.3 Å². The third kappa shape index (κ3) is 5.27. The van der Waals surface area contributed by atoms with Gasteiger partial charge in [0.2, 0.25) is 0 Å². The van der Waals surface area contributed by atoms with Crippen LogP contribution in [0.5, 0.6) is 5.75 Å². The van der Waals surface area contributed by atoms with E-state index in [9.17, 15) is 9.59 Å². The average molecular weight is 497 g/mol. The lowest BCUT2D eigenvalue weighted by Crippen LogP contribution is -2.35. The number of hydrogen-bond acceptors (Lipinski definition) is 8. The van der Waals surface area contributed by atoms with Gasteiger partial charge in [-0.05, 0) is 38.6 Å². The van der Waals surface area contributed by atoms with Crippen molar-refractivity contribution in [1.29, 1.82) is 0 Å². The number of nitrogens with zero attached hydrogens (tertiary/aromatic N) is 4. The topological polar surface area (TPSA) is 76.9 Å². The normalized spacial score (nSPS) is 19.3. The lowest BCUT2D eigenvalue weighted by atomic mass is 9.99. The minimum atomic E-state index is -0.455. The summed E-state index contributed by atoms with van der Waals surface area (Å²) in [6.07, 6.45) is 2.78. The van der Waals surface area contributed by atoms with Gasteiger partial charge in [-0.1, -0.05) is 12.1 Å². The van der Waals surface area contributed by atoms with Crippen LogP contribution in [0.25, 0.3) is 10.2 Å². The molecule has 2 aliphatic heterocycles. The highest BCUT2D eigenvalue weighted by Gasteiger charge is 2.27. The zero-order valence-corrected chi connectivity index (χ0v) is 21.2. The monoisotopic (exact) mass is 496 g/mol. The van der Waals surface area contributed by atoms with Crippen molar-refractivity contribution in [1.82, 2.24) is 19.4 Å². The lowest BCUT2D eigenvalue weighted by Gasteiger charge is -2.29. The molecule has 2 aliphatic rings. The Labute approximate surface area is 209 Å². The molecule has 8 nitrogen and oxygen atoms in total. The van der Waals surface area contributed by atoms with Crippen molar-refractivity contribution in [2.24, 2.45) is 5.92 Å². The number of hydrogen-bond donors (Lipinski definition) is 0. The molecule has 0 bridgehead atoms. The summed E-state index contributed by atoms with van der Waals surface area (Å²) in [5.41, 5.74) is 1.97. The van der Waals surface area contributed by atoms with Crippen LogP contribution in [0.4, 0.5) is 0 Å². The molecule has 186 valence electrons. The maximum absolute atomic E-state index is 13.1. The van der Waals surface area contributed by atoms with Crippen molar-refractivity contribution in [3.05, 3.63) is 57.0 Å². The summed E-state index contributed by atoms with van der Waals surface area (Å²) in [7, 11) is 3.49. The quantitative estimate of drug-likeness (QED) is 0.486. The summed E-state index contributed by atoms with van der Waals surface area (Å²) in [6.45, 7) is 5.19. The molecule has 1 fully saturated rings. The molecule has 1 unspecified atom stereocenters. The van der Waals surface area contributed by atoms with Crippen LogP contribution in [0, 0.1) is 5.92 Å². The van der Waals surface area contributed by atoms with Crippen LogP contribution in [-0.2, 0) is 24.2 Å². The average Bonchev–Trinajstić information content (AvgIpc) is 3.15. The first-order valence-electron chi connectivity index (χ1n) is 12.2. The summed E-state index contributed by atoms with van der Waals surface area (Å²) in [4.78, 5) is 35.3. The van der Waals surface area contributed by atoms with E-state index in [0.717, 1.165) is 43.0 Å². The number of thiazole rings is 1. The highest BCUT2D eigenvalue weighted by molar-refractivity contribution is 7.18. The highest BCUT2D eigenvalue weighted by Crippen LogP contribution is 2.27. The van der Waals surface area contributed by atoms with Gasteiger partial charge in [-0.3, -0.25) is 9.69 Å². The molecule has 3 aromatic rings. The van der Waals surface area contributed by atoms with Crippen LogP contribution in [0.15, 0.2) is 35.1 Å². The molecule has 0 aliphatic carbocycles. The van der Waals surface area contributed by atoms with Gasteiger partial charge in [0, 0.05) is 50.3 Å². The Balaban J connectivity index is 1.36. The first-order valence-corrected chi connectivity index (χ1v) is 13.1. The van der Waals surface area contributed by atoms with Gasteiger partial charge < -0.3 is 18.9 Å². The minimum absolute atomic E-state index is 0.134. The number of benzene rings is 1. The van der Waals surface area contributed by atoms with Gasteiger partial charge in [-0.25, -0.2) is 9.78 Å². The minimum Gasteiger partial charge on any atom is -0.492 e. The zero-order valence-electron chi connectivity index (χ0n) is 20.4.